The molecule has 0 aliphatic rings. The molecule has 3 rings (SSSR count). The number of hydrogen-bond acceptors (Lipinski definition) is 1. The van der Waals surface area contributed by atoms with Crippen LogP contribution in [0, 0.1) is 23.3 Å². The van der Waals surface area contributed by atoms with Crippen LogP contribution in [0.4, 0.5) is 8.78 Å². The van der Waals surface area contributed by atoms with Crippen LogP contribution in [0.5, 0.6) is 0 Å². The van der Waals surface area contributed by atoms with E-state index in [0.717, 1.165) is 12.5 Å². The molecular formula is C16H14F2N2S. The monoisotopic (exact) mass is 304 g/mol. The largest absolute Gasteiger partial charge is 0.328 e. The maximum absolute atomic E-state index is 13.7. The van der Waals surface area contributed by atoms with Gasteiger partial charge in [-0.3, -0.25) is 0 Å². The van der Waals surface area contributed by atoms with E-state index >= 15 is 0 Å². The van der Waals surface area contributed by atoms with Gasteiger partial charge in [0.15, 0.2) is 10.6 Å². The summed E-state index contributed by atoms with van der Waals surface area (Å²) in [4.78, 5) is 2.81. The molecule has 5 heteroatoms. The molecule has 0 radical (unpaired) electrons. The van der Waals surface area contributed by atoms with Gasteiger partial charge in [0.2, 0.25) is 0 Å². The Hall–Kier alpha value is -2.01. The minimum atomic E-state index is -0.620. The van der Waals surface area contributed by atoms with Crippen molar-refractivity contribution >= 4 is 23.3 Å². The summed E-state index contributed by atoms with van der Waals surface area (Å²) in [5, 5.41) is 0. The highest BCUT2D eigenvalue weighted by Gasteiger charge is 2.11. The topological polar surface area (TPSA) is 20.7 Å². The smallest absolute Gasteiger partial charge is 0.178 e. The second-order valence-electron chi connectivity index (χ2n) is 5.10. The molecule has 108 valence electrons. The number of nitrogens with one attached hydrogen (secondary N) is 1. The zero-order valence-corrected chi connectivity index (χ0v) is 12.3. The molecule has 0 bridgehead atoms. The first-order valence-corrected chi connectivity index (χ1v) is 7.08. The molecule has 1 N–H and O–H groups in total. The second-order valence-corrected chi connectivity index (χ2v) is 5.49. The van der Waals surface area contributed by atoms with Crippen molar-refractivity contribution in [1.29, 1.82) is 0 Å². The van der Waals surface area contributed by atoms with Gasteiger partial charge < -0.3 is 9.55 Å². The standard InChI is InChI=1S/C16H14F2N2S/c1-10-3-2-4-11(7-10)5-6-20-14-9-12(17)8-13(18)15(14)19-16(20)21/h2-4,7-9H,5-6H2,1H3,(H,19,21). The predicted molar refractivity (Wildman–Crippen MR) is 81.9 cm³/mol. The summed E-state index contributed by atoms with van der Waals surface area (Å²) in [6.45, 7) is 2.61. The summed E-state index contributed by atoms with van der Waals surface area (Å²) in [5.74, 6) is -1.22. The summed E-state index contributed by atoms with van der Waals surface area (Å²) in [6.07, 6.45) is 0.751. The first-order chi connectivity index (χ1) is 10.0. The van der Waals surface area contributed by atoms with Crippen LogP contribution >= 0.6 is 12.2 Å². The van der Waals surface area contributed by atoms with Crippen LogP contribution in [0.3, 0.4) is 0 Å². The molecule has 1 aromatic heterocycles. The van der Waals surface area contributed by atoms with Gasteiger partial charge in [-0.15, -0.1) is 0 Å². The number of H-pyrrole nitrogens is 1. The van der Waals surface area contributed by atoms with Crippen LogP contribution in [0.2, 0.25) is 0 Å². The molecule has 0 saturated carbocycles. The first kappa shape index (κ1) is 13.9. The Balaban J connectivity index is 1.97. The zero-order chi connectivity index (χ0) is 15.0. The number of rotatable bonds is 3. The van der Waals surface area contributed by atoms with E-state index in [4.69, 9.17) is 12.2 Å². The lowest BCUT2D eigenvalue weighted by atomic mass is 10.1. The highest BCUT2D eigenvalue weighted by molar-refractivity contribution is 7.71. The van der Waals surface area contributed by atoms with Crippen molar-refractivity contribution in [3.63, 3.8) is 0 Å². The van der Waals surface area contributed by atoms with Gasteiger partial charge in [-0.2, -0.15) is 0 Å². The fraction of sp³-hybridized carbons (Fsp3) is 0.188. The van der Waals surface area contributed by atoms with E-state index < -0.39 is 11.6 Å². The van der Waals surface area contributed by atoms with Crippen LogP contribution in [0.1, 0.15) is 11.1 Å². The van der Waals surface area contributed by atoms with Gasteiger partial charge in [0.05, 0.1) is 5.52 Å². The average Bonchev–Trinajstić information content (AvgIpc) is 2.73. The maximum atomic E-state index is 13.7. The number of halogens is 2. The number of hydrogen-bond donors (Lipinski definition) is 1. The zero-order valence-electron chi connectivity index (χ0n) is 11.5. The van der Waals surface area contributed by atoms with Crippen molar-refractivity contribution in [3.05, 3.63) is 63.9 Å². The SMILES string of the molecule is Cc1cccc(CCn2c(=S)[nH]c3c(F)cc(F)cc32)c1. The van der Waals surface area contributed by atoms with Crippen molar-refractivity contribution in [2.45, 2.75) is 19.9 Å². The Morgan fingerprint density at radius 3 is 2.76 bits per heavy atom. The molecule has 1 heterocycles. The maximum Gasteiger partial charge on any atom is 0.178 e. The molecular weight excluding hydrogens is 290 g/mol. The van der Waals surface area contributed by atoms with Crippen LogP contribution in [0.15, 0.2) is 36.4 Å². The quantitative estimate of drug-likeness (QED) is 0.705. The molecule has 3 aromatic rings. The summed E-state index contributed by atoms with van der Waals surface area (Å²) in [7, 11) is 0. The first-order valence-electron chi connectivity index (χ1n) is 6.68. The molecule has 0 aliphatic heterocycles. The third-order valence-electron chi connectivity index (χ3n) is 3.51. The molecule has 21 heavy (non-hydrogen) atoms. The summed E-state index contributed by atoms with van der Waals surface area (Å²) in [5.41, 5.74) is 3.08. The van der Waals surface area contributed by atoms with E-state index in [0.29, 0.717) is 16.8 Å². The lowest BCUT2D eigenvalue weighted by molar-refractivity contribution is 0.589. The van der Waals surface area contributed by atoms with Crippen molar-refractivity contribution in [1.82, 2.24) is 9.55 Å². The van der Waals surface area contributed by atoms with E-state index in [2.05, 4.69) is 11.1 Å². The summed E-state index contributed by atoms with van der Waals surface area (Å²) < 4.78 is 29.3. The molecule has 0 amide bonds. The van der Waals surface area contributed by atoms with Gasteiger partial charge in [-0.1, -0.05) is 29.8 Å². The minimum Gasteiger partial charge on any atom is -0.328 e. The van der Waals surface area contributed by atoms with Gasteiger partial charge in [0, 0.05) is 12.6 Å². The van der Waals surface area contributed by atoms with Crippen LogP contribution in [0.25, 0.3) is 11.0 Å². The third-order valence-corrected chi connectivity index (χ3v) is 3.83. The summed E-state index contributed by atoms with van der Waals surface area (Å²) >= 11 is 5.22. The van der Waals surface area contributed by atoms with Crippen molar-refractivity contribution in [2.75, 3.05) is 0 Å². The predicted octanol–water partition coefficient (Wildman–Crippen LogP) is 4.53. The van der Waals surface area contributed by atoms with E-state index in [1.54, 1.807) is 4.57 Å². The van der Waals surface area contributed by atoms with Gasteiger partial charge in [-0.05, 0) is 37.2 Å². The number of aromatic amines is 1. The van der Waals surface area contributed by atoms with Crippen molar-refractivity contribution < 1.29 is 8.78 Å². The van der Waals surface area contributed by atoms with Crippen LogP contribution in [-0.2, 0) is 13.0 Å². The normalized spacial score (nSPS) is 11.2. The number of nitrogens with zero attached hydrogens (tertiary/aromatic N) is 1. The number of aryl methyl sites for hydroxylation is 3. The fourth-order valence-electron chi connectivity index (χ4n) is 2.51. The molecule has 0 unspecified atom stereocenters. The number of aromatic nitrogens is 2. The van der Waals surface area contributed by atoms with E-state index in [1.165, 1.54) is 17.2 Å². The van der Waals surface area contributed by atoms with E-state index in [9.17, 15) is 8.78 Å². The van der Waals surface area contributed by atoms with Crippen LogP contribution < -0.4 is 0 Å². The Morgan fingerprint density at radius 1 is 1.19 bits per heavy atom. The highest BCUT2D eigenvalue weighted by atomic mass is 32.1. The third kappa shape index (κ3) is 2.74. The second kappa shape index (κ2) is 5.41. The fourth-order valence-corrected chi connectivity index (χ4v) is 2.80. The number of imidazole rings is 1. The molecule has 0 atom stereocenters. The molecule has 2 nitrogen and oxygen atoms in total. The molecule has 0 fully saturated rings. The summed E-state index contributed by atoms with van der Waals surface area (Å²) in [6, 6.07) is 10.3. The van der Waals surface area contributed by atoms with Gasteiger partial charge >= 0.3 is 0 Å². The van der Waals surface area contributed by atoms with Crippen molar-refractivity contribution in [2.24, 2.45) is 0 Å². The van der Waals surface area contributed by atoms with Crippen molar-refractivity contribution in [3.8, 4) is 0 Å². The highest BCUT2D eigenvalue weighted by Crippen LogP contribution is 2.20. The van der Waals surface area contributed by atoms with E-state index in [-0.39, 0.29) is 5.52 Å². The molecule has 0 aliphatic carbocycles. The Labute approximate surface area is 126 Å². The Kier molecular flexibility index (Phi) is 3.59. The van der Waals surface area contributed by atoms with Gasteiger partial charge in [0.1, 0.15) is 11.3 Å². The lowest BCUT2D eigenvalue weighted by Crippen LogP contribution is -2.02. The number of benzene rings is 2. The molecule has 2 aromatic carbocycles. The number of fused-ring (bicyclic) bond motifs is 1. The molecule has 0 saturated heterocycles. The lowest BCUT2D eigenvalue weighted by Gasteiger charge is -2.06. The Bertz CT molecular complexity index is 864. The Morgan fingerprint density at radius 2 is 2.00 bits per heavy atom. The minimum absolute atomic E-state index is 0.255. The van der Waals surface area contributed by atoms with Gasteiger partial charge in [-0.25, -0.2) is 8.78 Å². The van der Waals surface area contributed by atoms with Crippen LogP contribution in [-0.4, -0.2) is 9.55 Å². The average molecular weight is 304 g/mol. The van der Waals surface area contributed by atoms with E-state index in [1.807, 2.05) is 25.1 Å². The molecule has 0 spiro atoms. The van der Waals surface area contributed by atoms with Gasteiger partial charge in [0.25, 0.3) is 0 Å².